The maximum absolute atomic E-state index is 12.7. The van der Waals surface area contributed by atoms with E-state index in [2.05, 4.69) is 0 Å². The highest BCUT2D eigenvalue weighted by Crippen LogP contribution is 2.33. The lowest BCUT2D eigenvalue weighted by Gasteiger charge is -2.39. The van der Waals surface area contributed by atoms with Crippen molar-refractivity contribution in [3.63, 3.8) is 0 Å². The predicted molar refractivity (Wildman–Crippen MR) is 92.4 cm³/mol. The van der Waals surface area contributed by atoms with Crippen LogP contribution in [-0.4, -0.2) is 40.4 Å². The molecule has 2 rings (SSSR count). The number of hydrogen-bond donors (Lipinski definition) is 1. The number of hydrogen-bond acceptors (Lipinski definition) is 3. The van der Waals surface area contributed by atoms with E-state index in [1.54, 1.807) is 0 Å². The number of ether oxygens (including phenoxy) is 1. The van der Waals surface area contributed by atoms with Crippen LogP contribution >= 0.6 is 0 Å². The Labute approximate surface area is 141 Å². The number of aliphatic hydroxyl groups excluding tert-OH is 1. The summed E-state index contributed by atoms with van der Waals surface area (Å²) >= 11 is 0. The van der Waals surface area contributed by atoms with Crippen LogP contribution in [0.3, 0.4) is 0 Å². The van der Waals surface area contributed by atoms with Crippen molar-refractivity contribution >= 4 is 6.09 Å². The molecule has 4 nitrogen and oxygen atoms in total. The van der Waals surface area contributed by atoms with Crippen molar-refractivity contribution in [2.75, 3.05) is 6.54 Å². The molecule has 134 valence electrons. The van der Waals surface area contributed by atoms with E-state index in [1.165, 1.54) is 25.7 Å². The van der Waals surface area contributed by atoms with Crippen LogP contribution in [-0.2, 0) is 4.74 Å². The fourth-order valence-electron chi connectivity index (χ4n) is 4.07. The van der Waals surface area contributed by atoms with Crippen LogP contribution in [0.15, 0.2) is 0 Å². The quantitative estimate of drug-likeness (QED) is 0.772. The minimum Gasteiger partial charge on any atom is -0.444 e. The molecule has 1 saturated carbocycles. The van der Waals surface area contributed by atoms with Gasteiger partial charge in [-0.15, -0.1) is 0 Å². The van der Waals surface area contributed by atoms with Gasteiger partial charge in [0.15, 0.2) is 0 Å². The van der Waals surface area contributed by atoms with Crippen LogP contribution in [0.2, 0.25) is 0 Å². The molecule has 23 heavy (non-hydrogen) atoms. The monoisotopic (exact) mass is 325 g/mol. The molecule has 2 fully saturated rings. The van der Waals surface area contributed by atoms with Gasteiger partial charge in [0.2, 0.25) is 0 Å². The van der Waals surface area contributed by atoms with Gasteiger partial charge in [-0.05, 0) is 46.5 Å². The maximum Gasteiger partial charge on any atom is 0.410 e. The third-order valence-corrected chi connectivity index (χ3v) is 5.20. The fraction of sp³-hybridized carbons (Fsp3) is 0.947. The zero-order valence-corrected chi connectivity index (χ0v) is 15.2. The Bertz CT molecular complexity index is 377. The number of aliphatic hydroxyl groups is 1. The Morgan fingerprint density at radius 2 is 1.57 bits per heavy atom. The Balaban J connectivity index is 2.14. The van der Waals surface area contributed by atoms with Crippen LogP contribution < -0.4 is 0 Å². The smallest absolute Gasteiger partial charge is 0.410 e. The molecular weight excluding hydrogens is 290 g/mol. The third-order valence-electron chi connectivity index (χ3n) is 5.20. The molecule has 0 spiro atoms. The highest BCUT2D eigenvalue weighted by atomic mass is 16.6. The Kier molecular flexibility index (Phi) is 6.75. The topological polar surface area (TPSA) is 49.8 Å². The van der Waals surface area contributed by atoms with Crippen molar-refractivity contribution in [2.45, 2.75) is 103 Å². The van der Waals surface area contributed by atoms with E-state index in [0.29, 0.717) is 0 Å². The predicted octanol–water partition coefficient (Wildman–Crippen LogP) is 4.50. The number of likely N-dealkylation sites (tertiary alicyclic amines) is 1. The van der Waals surface area contributed by atoms with Gasteiger partial charge < -0.3 is 14.7 Å². The summed E-state index contributed by atoms with van der Waals surface area (Å²) in [4.78, 5) is 14.6. The summed E-state index contributed by atoms with van der Waals surface area (Å²) in [7, 11) is 0. The average Bonchev–Trinajstić information content (AvgIpc) is 2.67. The summed E-state index contributed by atoms with van der Waals surface area (Å²) in [6.07, 6.45) is 10.5. The molecule has 0 aromatic rings. The lowest BCUT2D eigenvalue weighted by molar-refractivity contribution is -0.0115. The van der Waals surface area contributed by atoms with Crippen molar-refractivity contribution < 1.29 is 14.6 Å². The van der Waals surface area contributed by atoms with Crippen LogP contribution in [0, 0.1) is 5.92 Å². The molecule has 1 aliphatic carbocycles. The first-order valence-corrected chi connectivity index (χ1v) is 9.56. The van der Waals surface area contributed by atoms with Crippen molar-refractivity contribution in [2.24, 2.45) is 5.92 Å². The molecule has 1 N–H and O–H groups in total. The molecule has 3 unspecified atom stereocenters. The Hall–Kier alpha value is -0.770. The van der Waals surface area contributed by atoms with Crippen LogP contribution in [0.4, 0.5) is 4.79 Å². The van der Waals surface area contributed by atoms with Gasteiger partial charge in [0.05, 0.1) is 6.10 Å². The molecule has 1 heterocycles. The fourth-order valence-corrected chi connectivity index (χ4v) is 4.07. The number of amides is 1. The first-order chi connectivity index (χ1) is 10.9. The van der Waals surface area contributed by atoms with Crippen molar-refractivity contribution in [1.82, 2.24) is 4.90 Å². The van der Waals surface area contributed by atoms with Crippen LogP contribution in [0.1, 0.15) is 85.0 Å². The average molecular weight is 325 g/mol. The minimum atomic E-state index is -0.465. The van der Waals surface area contributed by atoms with Gasteiger partial charge in [0.1, 0.15) is 5.60 Å². The zero-order chi connectivity index (χ0) is 16.9. The number of carbonyl (C=O) groups excluding carboxylic acids is 1. The molecule has 0 bridgehead atoms. The summed E-state index contributed by atoms with van der Waals surface area (Å²) < 4.78 is 5.65. The summed E-state index contributed by atoms with van der Waals surface area (Å²) in [6.45, 7) is 6.52. The molecule has 0 aromatic carbocycles. The van der Waals surface area contributed by atoms with E-state index in [-0.39, 0.29) is 24.2 Å². The summed E-state index contributed by atoms with van der Waals surface area (Å²) in [5, 5.41) is 10.7. The van der Waals surface area contributed by atoms with Crippen LogP contribution in [0.25, 0.3) is 0 Å². The normalized spacial score (nSPS) is 31.0. The second-order valence-electron chi connectivity index (χ2n) is 8.31. The molecule has 2 aliphatic rings. The van der Waals surface area contributed by atoms with Gasteiger partial charge in [-0.25, -0.2) is 4.79 Å². The molecular formula is C19H35NO3. The van der Waals surface area contributed by atoms with Crippen molar-refractivity contribution in [3.05, 3.63) is 0 Å². The molecule has 0 aromatic heterocycles. The van der Waals surface area contributed by atoms with Crippen molar-refractivity contribution in [3.8, 4) is 0 Å². The number of carbonyl (C=O) groups is 1. The molecule has 1 amide bonds. The minimum absolute atomic E-state index is 0.139. The molecule has 3 atom stereocenters. The first kappa shape index (κ1) is 18.6. The molecule has 1 saturated heterocycles. The second-order valence-corrected chi connectivity index (χ2v) is 8.31. The Morgan fingerprint density at radius 3 is 2.26 bits per heavy atom. The van der Waals surface area contributed by atoms with Gasteiger partial charge in [-0.2, -0.15) is 0 Å². The largest absolute Gasteiger partial charge is 0.444 e. The lowest BCUT2D eigenvalue weighted by atomic mass is 9.81. The van der Waals surface area contributed by atoms with Crippen molar-refractivity contribution in [1.29, 1.82) is 0 Å². The van der Waals surface area contributed by atoms with E-state index < -0.39 is 5.60 Å². The number of nitrogens with zero attached hydrogens (tertiary/aromatic N) is 1. The SMILES string of the molecule is CC(C)(C)OC(=O)N1CCCCCC1C1CCCCCCC1O. The van der Waals surface area contributed by atoms with E-state index in [4.69, 9.17) is 4.74 Å². The van der Waals surface area contributed by atoms with Gasteiger partial charge >= 0.3 is 6.09 Å². The van der Waals surface area contributed by atoms with E-state index in [1.807, 2.05) is 25.7 Å². The lowest BCUT2D eigenvalue weighted by Crippen LogP contribution is -2.49. The van der Waals surface area contributed by atoms with Gasteiger partial charge in [0.25, 0.3) is 0 Å². The Morgan fingerprint density at radius 1 is 0.957 bits per heavy atom. The highest BCUT2D eigenvalue weighted by molar-refractivity contribution is 5.68. The van der Waals surface area contributed by atoms with E-state index in [0.717, 1.165) is 45.1 Å². The van der Waals surface area contributed by atoms with Crippen LogP contribution in [0.5, 0.6) is 0 Å². The standard InChI is InChI=1S/C19H35NO3/c1-19(2,3)23-18(22)20-14-10-6-8-12-16(20)15-11-7-4-5-9-13-17(15)21/h15-17,21H,4-14H2,1-3H3. The number of rotatable bonds is 1. The summed E-state index contributed by atoms with van der Waals surface area (Å²) in [6, 6.07) is 0.139. The highest BCUT2D eigenvalue weighted by Gasteiger charge is 2.37. The molecule has 0 radical (unpaired) electrons. The van der Waals surface area contributed by atoms with E-state index in [9.17, 15) is 9.90 Å². The van der Waals surface area contributed by atoms with Gasteiger partial charge in [-0.1, -0.05) is 38.5 Å². The maximum atomic E-state index is 12.7. The van der Waals surface area contributed by atoms with Gasteiger partial charge in [0, 0.05) is 18.5 Å². The molecule has 1 aliphatic heterocycles. The summed E-state index contributed by atoms with van der Waals surface area (Å²) in [5.41, 5.74) is -0.465. The van der Waals surface area contributed by atoms with E-state index >= 15 is 0 Å². The first-order valence-electron chi connectivity index (χ1n) is 9.56. The molecule has 4 heteroatoms. The zero-order valence-electron chi connectivity index (χ0n) is 15.2. The second kappa shape index (κ2) is 8.36. The van der Waals surface area contributed by atoms with Gasteiger partial charge in [-0.3, -0.25) is 0 Å². The third kappa shape index (κ3) is 5.66. The summed E-state index contributed by atoms with van der Waals surface area (Å²) in [5.74, 6) is 0.209.